The molecule has 1 aromatic rings. The van der Waals surface area contributed by atoms with E-state index in [-0.39, 0.29) is 17.4 Å². The lowest BCUT2D eigenvalue weighted by Crippen LogP contribution is -2.45. The second-order valence-electron chi connectivity index (χ2n) is 7.03. The van der Waals surface area contributed by atoms with E-state index < -0.39 is 0 Å². The molecule has 21 heavy (non-hydrogen) atoms. The van der Waals surface area contributed by atoms with Crippen LogP contribution in [0.25, 0.3) is 0 Å². The minimum Gasteiger partial charge on any atom is -0.353 e. The molecule has 0 radical (unpaired) electrons. The molecule has 0 aromatic carbocycles. The van der Waals surface area contributed by atoms with Crippen LogP contribution in [-0.2, 0) is 16.6 Å². The van der Waals surface area contributed by atoms with Gasteiger partial charge in [-0.15, -0.1) is 11.3 Å². The normalized spacial score (nSPS) is 23.0. The third-order valence-corrected chi connectivity index (χ3v) is 5.41. The van der Waals surface area contributed by atoms with Crippen LogP contribution in [0.2, 0.25) is 0 Å². The first kappa shape index (κ1) is 16.4. The summed E-state index contributed by atoms with van der Waals surface area (Å²) in [7, 11) is 0. The van der Waals surface area contributed by atoms with Crippen molar-refractivity contribution in [1.82, 2.24) is 10.3 Å². The lowest BCUT2D eigenvalue weighted by molar-refractivity contribution is -0.121. The van der Waals surface area contributed by atoms with Crippen LogP contribution >= 0.6 is 11.3 Å². The fraction of sp³-hybridized carbons (Fsp3) is 0.750. The Labute approximate surface area is 131 Å². The SMILES string of the molecule is CC(C)(C)c1nc(CC(=O)NC2CCCCC2CN)cs1. The standard InChI is InChI=1S/C16H27N3OS/c1-16(2,3)15-18-12(10-21-15)8-14(20)19-13-7-5-4-6-11(13)9-17/h10-11,13H,4-9,17H2,1-3H3,(H,19,20). The summed E-state index contributed by atoms with van der Waals surface area (Å²) in [4.78, 5) is 16.8. The van der Waals surface area contributed by atoms with E-state index in [9.17, 15) is 4.79 Å². The van der Waals surface area contributed by atoms with E-state index in [1.165, 1.54) is 12.8 Å². The second-order valence-corrected chi connectivity index (χ2v) is 7.88. The van der Waals surface area contributed by atoms with Gasteiger partial charge in [0.05, 0.1) is 17.1 Å². The zero-order valence-corrected chi connectivity index (χ0v) is 14.1. The lowest BCUT2D eigenvalue weighted by Gasteiger charge is -2.31. The number of amides is 1. The Balaban J connectivity index is 1.91. The number of carbonyl (C=O) groups excluding carboxylic acids is 1. The van der Waals surface area contributed by atoms with Crippen LogP contribution in [-0.4, -0.2) is 23.5 Å². The summed E-state index contributed by atoms with van der Waals surface area (Å²) in [5.74, 6) is 0.509. The molecule has 2 rings (SSSR count). The number of rotatable bonds is 4. The molecule has 0 spiro atoms. The highest BCUT2D eigenvalue weighted by molar-refractivity contribution is 7.09. The molecule has 1 aliphatic carbocycles. The molecule has 0 bridgehead atoms. The van der Waals surface area contributed by atoms with Gasteiger partial charge in [-0.1, -0.05) is 33.6 Å². The number of carbonyl (C=O) groups is 1. The molecule has 1 saturated carbocycles. The highest BCUT2D eigenvalue weighted by Gasteiger charge is 2.25. The van der Waals surface area contributed by atoms with E-state index in [1.807, 2.05) is 5.38 Å². The first-order valence-corrected chi connectivity index (χ1v) is 8.72. The van der Waals surface area contributed by atoms with Crippen LogP contribution in [0.4, 0.5) is 0 Å². The van der Waals surface area contributed by atoms with Crippen molar-refractivity contribution in [3.8, 4) is 0 Å². The van der Waals surface area contributed by atoms with Gasteiger partial charge in [0.15, 0.2) is 0 Å². The summed E-state index contributed by atoms with van der Waals surface area (Å²) >= 11 is 1.64. The van der Waals surface area contributed by atoms with Crippen molar-refractivity contribution in [3.63, 3.8) is 0 Å². The van der Waals surface area contributed by atoms with Crippen molar-refractivity contribution in [3.05, 3.63) is 16.1 Å². The Morgan fingerprint density at radius 2 is 2.14 bits per heavy atom. The van der Waals surface area contributed by atoms with Crippen molar-refractivity contribution in [2.45, 2.75) is 64.3 Å². The molecule has 1 aromatic heterocycles. The number of hydrogen-bond donors (Lipinski definition) is 2. The maximum Gasteiger partial charge on any atom is 0.226 e. The van der Waals surface area contributed by atoms with Gasteiger partial charge < -0.3 is 11.1 Å². The third-order valence-electron chi connectivity index (χ3n) is 4.09. The first-order chi connectivity index (χ1) is 9.90. The van der Waals surface area contributed by atoms with E-state index >= 15 is 0 Å². The van der Waals surface area contributed by atoms with Gasteiger partial charge in [-0.05, 0) is 25.3 Å². The van der Waals surface area contributed by atoms with Gasteiger partial charge in [0.25, 0.3) is 0 Å². The molecule has 3 N–H and O–H groups in total. The van der Waals surface area contributed by atoms with E-state index in [0.717, 1.165) is 23.5 Å². The number of thiazole rings is 1. The predicted octanol–water partition coefficient (Wildman–Crippen LogP) is 2.62. The summed E-state index contributed by atoms with van der Waals surface area (Å²) in [6, 6.07) is 0.247. The largest absolute Gasteiger partial charge is 0.353 e. The van der Waals surface area contributed by atoms with Crippen molar-refractivity contribution >= 4 is 17.2 Å². The second kappa shape index (κ2) is 6.88. The Morgan fingerprint density at radius 3 is 2.76 bits per heavy atom. The minimum absolute atomic E-state index is 0.0490. The molecule has 0 aliphatic heterocycles. The average Bonchev–Trinajstić information content (AvgIpc) is 2.87. The van der Waals surface area contributed by atoms with Crippen LogP contribution in [0.15, 0.2) is 5.38 Å². The molecule has 1 heterocycles. The highest BCUT2D eigenvalue weighted by atomic mass is 32.1. The first-order valence-electron chi connectivity index (χ1n) is 7.84. The van der Waals surface area contributed by atoms with Crippen molar-refractivity contribution in [1.29, 1.82) is 0 Å². The van der Waals surface area contributed by atoms with E-state index in [4.69, 9.17) is 5.73 Å². The summed E-state index contributed by atoms with van der Waals surface area (Å²) in [6.07, 6.45) is 4.98. The molecule has 4 nitrogen and oxygen atoms in total. The van der Waals surface area contributed by atoms with Crippen LogP contribution in [0.5, 0.6) is 0 Å². The Hall–Kier alpha value is -0.940. The zero-order valence-electron chi connectivity index (χ0n) is 13.3. The van der Waals surface area contributed by atoms with Gasteiger partial charge in [-0.2, -0.15) is 0 Å². The number of aromatic nitrogens is 1. The molecule has 2 unspecified atom stereocenters. The summed E-state index contributed by atoms with van der Waals surface area (Å²) < 4.78 is 0. The molecule has 0 saturated heterocycles. The van der Waals surface area contributed by atoms with Crippen molar-refractivity contribution in [2.75, 3.05) is 6.54 Å². The van der Waals surface area contributed by atoms with Crippen LogP contribution < -0.4 is 11.1 Å². The average molecular weight is 309 g/mol. The van der Waals surface area contributed by atoms with Gasteiger partial charge in [0, 0.05) is 16.8 Å². The summed E-state index contributed by atoms with van der Waals surface area (Å²) in [6.45, 7) is 7.09. The van der Waals surface area contributed by atoms with Crippen molar-refractivity contribution in [2.24, 2.45) is 11.7 Å². The smallest absolute Gasteiger partial charge is 0.226 e. The summed E-state index contributed by atoms with van der Waals surface area (Å²) in [5, 5.41) is 6.25. The van der Waals surface area contributed by atoms with Gasteiger partial charge in [0.1, 0.15) is 0 Å². The number of nitrogens with two attached hydrogens (primary N) is 1. The molecule has 1 amide bonds. The quantitative estimate of drug-likeness (QED) is 0.898. The number of nitrogens with zero attached hydrogens (tertiary/aromatic N) is 1. The van der Waals surface area contributed by atoms with E-state index in [1.54, 1.807) is 11.3 Å². The van der Waals surface area contributed by atoms with Crippen LogP contribution in [0.1, 0.15) is 57.2 Å². The van der Waals surface area contributed by atoms with E-state index in [2.05, 4.69) is 31.1 Å². The fourth-order valence-corrected chi connectivity index (χ4v) is 3.74. The van der Waals surface area contributed by atoms with Gasteiger partial charge in [0.2, 0.25) is 5.91 Å². The minimum atomic E-state index is 0.0490. The predicted molar refractivity (Wildman–Crippen MR) is 87.5 cm³/mol. The number of nitrogens with one attached hydrogen (secondary N) is 1. The van der Waals surface area contributed by atoms with Gasteiger partial charge in [-0.3, -0.25) is 4.79 Å². The van der Waals surface area contributed by atoms with E-state index in [0.29, 0.717) is 18.9 Å². The monoisotopic (exact) mass is 309 g/mol. The zero-order chi connectivity index (χ0) is 15.5. The Morgan fingerprint density at radius 1 is 1.43 bits per heavy atom. The van der Waals surface area contributed by atoms with Gasteiger partial charge >= 0.3 is 0 Å². The fourth-order valence-electron chi connectivity index (χ4n) is 2.83. The van der Waals surface area contributed by atoms with Crippen molar-refractivity contribution < 1.29 is 4.79 Å². The molecular weight excluding hydrogens is 282 g/mol. The highest BCUT2D eigenvalue weighted by Crippen LogP contribution is 2.26. The molecule has 2 atom stereocenters. The summed E-state index contributed by atoms with van der Waals surface area (Å²) in [5.41, 5.74) is 6.74. The van der Waals surface area contributed by atoms with Gasteiger partial charge in [-0.25, -0.2) is 4.98 Å². The molecule has 1 aliphatic rings. The third kappa shape index (κ3) is 4.51. The number of hydrogen-bond acceptors (Lipinski definition) is 4. The molecular formula is C16H27N3OS. The maximum absolute atomic E-state index is 12.2. The maximum atomic E-state index is 12.2. The lowest BCUT2D eigenvalue weighted by atomic mass is 9.84. The Bertz CT molecular complexity index is 478. The molecule has 1 fully saturated rings. The van der Waals surface area contributed by atoms with Crippen LogP contribution in [0, 0.1) is 5.92 Å². The Kier molecular flexibility index (Phi) is 5.38. The molecule has 5 heteroatoms. The topological polar surface area (TPSA) is 68.0 Å². The molecule has 118 valence electrons. The van der Waals surface area contributed by atoms with Crippen LogP contribution in [0.3, 0.4) is 0 Å².